The summed E-state index contributed by atoms with van der Waals surface area (Å²) in [5.41, 5.74) is 12.6. The van der Waals surface area contributed by atoms with E-state index in [2.05, 4.69) is 22.8 Å². The van der Waals surface area contributed by atoms with Gasteiger partial charge >= 0.3 is 0 Å². The maximum absolute atomic E-state index is 13.6. The smallest absolute Gasteiger partial charge is 0.254 e. The summed E-state index contributed by atoms with van der Waals surface area (Å²) in [6.07, 6.45) is 5.80. The van der Waals surface area contributed by atoms with Crippen LogP contribution in [0.2, 0.25) is 0 Å². The molecule has 0 radical (unpaired) electrons. The molecule has 5 N–H and O–H groups in total. The number of alkyl halides is 2. The molecule has 4 rings (SSSR count). The van der Waals surface area contributed by atoms with E-state index < -0.39 is 17.4 Å². The minimum absolute atomic E-state index is 0.0735. The van der Waals surface area contributed by atoms with E-state index in [1.807, 2.05) is 24.3 Å². The fourth-order valence-corrected chi connectivity index (χ4v) is 5.20. The number of anilines is 2. The lowest BCUT2D eigenvalue weighted by molar-refractivity contribution is -0.0642. The van der Waals surface area contributed by atoms with Crippen molar-refractivity contribution in [2.24, 2.45) is 11.5 Å². The molecule has 2 atom stereocenters. The molecule has 33 heavy (non-hydrogen) atoms. The van der Waals surface area contributed by atoms with Crippen LogP contribution < -0.4 is 16.8 Å². The molecule has 1 aliphatic carbocycles. The van der Waals surface area contributed by atoms with Crippen LogP contribution in [0.5, 0.6) is 0 Å². The van der Waals surface area contributed by atoms with E-state index in [-0.39, 0.29) is 18.9 Å². The van der Waals surface area contributed by atoms with E-state index in [1.165, 1.54) is 0 Å². The molecule has 1 aromatic carbocycles. The highest BCUT2D eigenvalue weighted by molar-refractivity contribution is 7.80. The predicted molar refractivity (Wildman–Crippen MR) is 127 cm³/mol. The predicted octanol–water partition coefficient (Wildman–Crippen LogP) is 3.73. The number of amides is 1. The van der Waals surface area contributed by atoms with E-state index in [1.54, 1.807) is 10.9 Å². The molecule has 1 saturated carbocycles. The summed E-state index contributed by atoms with van der Waals surface area (Å²) >= 11 is 4.30. The van der Waals surface area contributed by atoms with Gasteiger partial charge in [0.1, 0.15) is 5.56 Å². The minimum atomic E-state index is -2.54. The Balaban J connectivity index is 1.53. The lowest BCUT2D eigenvalue weighted by Gasteiger charge is -2.37. The Labute approximate surface area is 198 Å². The number of hydrogen-bond acceptors (Lipinski definition) is 6. The number of likely N-dealkylation sites (tertiary alicyclic amines) is 1. The number of halogens is 2. The molecular weight excluding hydrogens is 446 g/mol. The molecule has 0 spiro atoms. The topological polar surface area (TPSA) is 102 Å². The molecule has 1 saturated heterocycles. The van der Waals surface area contributed by atoms with E-state index in [0.29, 0.717) is 31.0 Å². The van der Waals surface area contributed by atoms with Gasteiger partial charge in [0.15, 0.2) is 5.82 Å². The highest BCUT2D eigenvalue weighted by Crippen LogP contribution is 2.37. The van der Waals surface area contributed by atoms with E-state index in [4.69, 9.17) is 16.6 Å². The van der Waals surface area contributed by atoms with Gasteiger partial charge in [0.25, 0.3) is 11.8 Å². The minimum Gasteiger partial charge on any atom is -0.365 e. The molecule has 1 aliphatic heterocycles. The fourth-order valence-electron chi connectivity index (χ4n) is 5.05. The van der Waals surface area contributed by atoms with Gasteiger partial charge in [-0.2, -0.15) is 5.10 Å². The van der Waals surface area contributed by atoms with E-state index in [9.17, 15) is 13.6 Å². The second kappa shape index (κ2) is 9.60. The summed E-state index contributed by atoms with van der Waals surface area (Å²) in [5, 5.41) is 7.89. The molecular formula is C23H32F2N6OS. The number of carbonyl (C=O) groups excluding carboxylic acids is 1. The molecule has 1 amide bonds. The van der Waals surface area contributed by atoms with Crippen molar-refractivity contribution in [1.29, 1.82) is 0 Å². The molecule has 7 nitrogen and oxygen atoms in total. The number of thiol groups is 1. The number of aromatic nitrogens is 2. The highest BCUT2D eigenvalue weighted by atomic mass is 32.1. The Hall–Kier alpha value is -2.17. The number of nitrogens with zero attached hydrogens (tertiary/aromatic N) is 3. The largest absolute Gasteiger partial charge is 0.365 e. The van der Waals surface area contributed by atoms with Crippen molar-refractivity contribution >= 4 is 30.0 Å². The zero-order chi connectivity index (χ0) is 23.6. The van der Waals surface area contributed by atoms with Gasteiger partial charge in [0, 0.05) is 55.3 Å². The standard InChI is InChI=1S/C23H32F2N6OS/c24-23(25)10-12-30(13-11-23)17-2-1-8-22(15-26,9-7-17)31-14-19(20(27)32)21(29-31)28-16-3-5-18(33)6-4-16/h3-6,14,17,33H,1-2,7-13,15,26H2,(H2,27,32)(H,28,29). The van der Waals surface area contributed by atoms with Crippen molar-refractivity contribution in [3.63, 3.8) is 0 Å². The van der Waals surface area contributed by atoms with Gasteiger partial charge in [-0.1, -0.05) is 0 Å². The first kappa shape index (κ1) is 24.0. The second-order valence-electron chi connectivity index (χ2n) is 9.28. The number of rotatable bonds is 6. The third kappa shape index (κ3) is 5.33. The van der Waals surface area contributed by atoms with Crippen molar-refractivity contribution in [1.82, 2.24) is 14.7 Å². The normalized spacial score (nSPS) is 26.0. The Morgan fingerprint density at radius 3 is 2.48 bits per heavy atom. The lowest BCUT2D eigenvalue weighted by atomic mass is 9.90. The van der Waals surface area contributed by atoms with Gasteiger partial charge in [0.05, 0.1) is 5.54 Å². The lowest BCUT2D eigenvalue weighted by Crippen LogP contribution is -2.45. The number of hydrogen-bond donors (Lipinski definition) is 4. The van der Waals surface area contributed by atoms with Gasteiger partial charge in [-0.25, -0.2) is 8.78 Å². The SMILES string of the molecule is NCC1(n2cc(C(N)=O)c(Nc3ccc(S)cc3)n2)CCCC(N2CCC(F)(F)CC2)CC1. The Morgan fingerprint density at radius 1 is 1.15 bits per heavy atom. The fraction of sp³-hybridized carbons (Fsp3) is 0.565. The molecule has 2 aromatic rings. The van der Waals surface area contributed by atoms with Crippen LogP contribution in [-0.2, 0) is 5.54 Å². The Bertz CT molecular complexity index is 972. The summed E-state index contributed by atoms with van der Waals surface area (Å²) < 4.78 is 29.0. The number of nitrogens with two attached hydrogens (primary N) is 2. The summed E-state index contributed by atoms with van der Waals surface area (Å²) in [5.74, 6) is -2.72. The van der Waals surface area contributed by atoms with Crippen molar-refractivity contribution < 1.29 is 13.6 Å². The van der Waals surface area contributed by atoms with Gasteiger partial charge in [-0.15, -0.1) is 12.6 Å². The Morgan fingerprint density at radius 2 is 1.85 bits per heavy atom. The number of piperidine rings is 1. The summed E-state index contributed by atoms with van der Waals surface area (Å²) in [7, 11) is 0. The quantitative estimate of drug-likeness (QED) is 0.374. The average molecular weight is 479 g/mol. The van der Waals surface area contributed by atoms with Crippen LogP contribution >= 0.6 is 12.6 Å². The van der Waals surface area contributed by atoms with Crippen LogP contribution in [-0.4, -0.2) is 52.2 Å². The van der Waals surface area contributed by atoms with Crippen LogP contribution in [0.25, 0.3) is 0 Å². The second-order valence-corrected chi connectivity index (χ2v) is 9.79. The molecule has 2 unspecified atom stereocenters. The monoisotopic (exact) mass is 478 g/mol. The van der Waals surface area contributed by atoms with Gasteiger partial charge in [-0.05, 0) is 56.4 Å². The third-order valence-electron chi connectivity index (χ3n) is 7.14. The molecule has 2 aliphatic rings. The molecule has 2 fully saturated rings. The average Bonchev–Trinajstić information content (AvgIpc) is 3.08. The summed E-state index contributed by atoms with van der Waals surface area (Å²) in [6.45, 7) is 1.23. The molecule has 180 valence electrons. The summed E-state index contributed by atoms with van der Waals surface area (Å²) in [4.78, 5) is 15.2. The van der Waals surface area contributed by atoms with Gasteiger partial charge in [0.2, 0.25) is 0 Å². The number of primary amides is 1. The molecule has 10 heteroatoms. The summed E-state index contributed by atoms with van der Waals surface area (Å²) in [6, 6.07) is 7.65. The van der Waals surface area contributed by atoms with E-state index in [0.717, 1.165) is 42.7 Å². The van der Waals surface area contributed by atoms with E-state index >= 15 is 0 Å². The van der Waals surface area contributed by atoms with Crippen molar-refractivity contribution in [2.75, 3.05) is 25.0 Å². The molecule has 1 aromatic heterocycles. The van der Waals surface area contributed by atoms with Crippen LogP contribution in [0.1, 0.15) is 55.3 Å². The third-order valence-corrected chi connectivity index (χ3v) is 7.44. The van der Waals surface area contributed by atoms with Crippen molar-refractivity contribution in [3.8, 4) is 0 Å². The van der Waals surface area contributed by atoms with Gasteiger partial charge < -0.3 is 16.8 Å². The van der Waals surface area contributed by atoms with Crippen molar-refractivity contribution in [3.05, 3.63) is 36.0 Å². The molecule has 2 heterocycles. The zero-order valence-electron chi connectivity index (χ0n) is 18.6. The van der Waals surface area contributed by atoms with Crippen LogP contribution in [0, 0.1) is 0 Å². The first-order valence-corrected chi connectivity index (χ1v) is 11.9. The number of nitrogens with one attached hydrogen (secondary N) is 1. The maximum Gasteiger partial charge on any atom is 0.254 e. The number of carbonyl (C=O) groups is 1. The zero-order valence-corrected chi connectivity index (χ0v) is 19.5. The van der Waals surface area contributed by atoms with Crippen LogP contribution in [0.3, 0.4) is 0 Å². The first-order chi connectivity index (χ1) is 15.7. The highest BCUT2D eigenvalue weighted by Gasteiger charge is 2.40. The van der Waals surface area contributed by atoms with Crippen LogP contribution in [0.15, 0.2) is 35.4 Å². The van der Waals surface area contributed by atoms with Crippen molar-refractivity contribution in [2.45, 2.75) is 67.3 Å². The Kier molecular flexibility index (Phi) is 6.97. The maximum atomic E-state index is 13.6. The number of benzene rings is 1. The first-order valence-electron chi connectivity index (χ1n) is 11.5. The van der Waals surface area contributed by atoms with Crippen LogP contribution in [0.4, 0.5) is 20.3 Å². The van der Waals surface area contributed by atoms with Gasteiger partial charge in [-0.3, -0.25) is 14.4 Å². The molecule has 0 bridgehead atoms.